The molecule has 7 nitrogen and oxygen atoms in total. The summed E-state index contributed by atoms with van der Waals surface area (Å²) >= 11 is 1.78. The van der Waals surface area contributed by atoms with Crippen LogP contribution in [0.25, 0.3) is 0 Å². The molecule has 1 unspecified atom stereocenters. The number of hydrogen-bond donors (Lipinski definition) is 2. The van der Waals surface area contributed by atoms with Crippen molar-refractivity contribution in [1.82, 2.24) is 15.4 Å². The number of carbonyl (C=O) groups is 1. The van der Waals surface area contributed by atoms with Gasteiger partial charge in [0, 0.05) is 35.3 Å². The molecule has 4 rings (SSSR count). The molecule has 2 aromatic rings. The zero-order valence-corrected chi connectivity index (χ0v) is 16.6. The van der Waals surface area contributed by atoms with Gasteiger partial charge in [0.1, 0.15) is 11.4 Å². The Hall–Kier alpha value is -1.90. The summed E-state index contributed by atoms with van der Waals surface area (Å²) < 4.78 is 10.9. The minimum atomic E-state index is -0.213. The van der Waals surface area contributed by atoms with E-state index < -0.39 is 0 Å². The molecule has 8 heteroatoms. The zero-order chi connectivity index (χ0) is 18.8. The van der Waals surface area contributed by atoms with E-state index in [0.717, 1.165) is 56.3 Å². The average molecular weight is 391 g/mol. The van der Waals surface area contributed by atoms with Gasteiger partial charge in [-0.15, -0.1) is 11.3 Å². The number of nitrogens with zero attached hydrogens (tertiary/aromatic N) is 2. The number of thiophene rings is 1. The van der Waals surface area contributed by atoms with E-state index in [1.54, 1.807) is 11.3 Å². The average Bonchev–Trinajstić information content (AvgIpc) is 3.33. The molecule has 146 valence electrons. The maximum Gasteiger partial charge on any atom is 0.319 e. The summed E-state index contributed by atoms with van der Waals surface area (Å²) in [5.74, 6) is 1.21. The Kier molecular flexibility index (Phi) is 5.47. The summed E-state index contributed by atoms with van der Waals surface area (Å²) in [5, 5.41) is 10.0. The lowest BCUT2D eigenvalue weighted by Crippen LogP contribution is -2.44. The van der Waals surface area contributed by atoms with Crippen molar-refractivity contribution in [3.8, 4) is 0 Å². The second kappa shape index (κ2) is 8.00. The molecule has 0 bridgehead atoms. The number of hydrogen-bond acceptors (Lipinski definition) is 6. The highest BCUT2D eigenvalue weighted by atomic mass is 32.1. The Morgan fingerprint density at radius 2 is 2.11 bits per heavy atom. The molecular formula is C19H26N4O3S. The van der Waals surface area contributed by atoms with Crippen molar-refractivity contribution in [1.29, 1.82) is 0 Å². The van der Waals surface area contributed by atoms with Gasteiger partial charge >= 0.3 is 6.03 Å². The number of rotatable bonds is 6. The van der Waals surface area contributed by atoms with E-state index in [9.17, 15) is 4.79 Å². The van der Waals surface area contributed by atoms with Crippen LogP contribution in [0.15, 0.2) is 16.7 Å². The van der Waals surface area contributed by atoms with E-state index in [-0.39, 0.29) is 12.1 Å². The molecule has 27 heavy (non-hydrogen) atoms. The van der Waals surface area contributed by atoms with E-state index in [1.165, 1.54) is 9.75 Å². The number of amides is 2. The molecule has 0 radical (unpaired) electrons. The number of anilines is 1. The molecule has 1 saturated heterocycles. The van der Waals surface area contributed by atoms with Crippen LogP contribution in [-0.4, -0.2) is 48.9 Å². The van der Waals surface area contributed by atoms with Crippen LogP contribution >= 0.6 is 11.3 Å². The van der Waals surface area contributed by atoms with Crippen molar-refractivity contribution >= 4 is 23.1 Å². The largest absolute Gasteiger partial charge is 0.379 e. The van der Waals surface area contributed by atoms with Gasteiger partial charge in [0.05, 0.1) is 19.3 Å². The molecule has 1 saturated carbocycles. The first-order valence-electron chi connectivity index (χ1n) is 9.51. The third-order valence-corrected chi connectivity index (χ3v) is 6.21. The molecule has 2 fully saturated rings. The zero-order valence-electron chi connectivity index (χ0n) is 15.8. The van der Waals surface area contributed by atoms with Gasteiger partial charge in [0.25, 0.3) is 0 Å². The summed E-state index contributed by atoms with van der Waals surface area (Å²) in [5.41, 5.74) is 1.45. The number of aryl methyl sites for hydroxylation is 2. The van der Waals surface area contributed by atoms with Crippen LogP contribution in [-0.2, 0) is 4.74 Å². The van der Waals surface area contributed by atoms with Crippen molar-refractivity contribution in [2.75, 3.05) is 38.2 Å². The predicted octanol–water partition coefficient (Wildman–Crippen LogP) is 3.43. The molecule has 2 aromatic heterocycles. The summed E-state index contributed by atoms with van der Waals surface area (Å²) in [6.07, 6.45) is 2.20. The van der Waals surface area contributed by atoms with Gasteiger partial charge in [-0.3, -0.25) is 4.90 Å². The van der Waals surface area contributed by atoms with Crippen LogP contribution in [0.2, 0.25) is 0 Å². The lowest BCUT2D eigenvalue weighted by molar-refractivity contribution is 0.0175. The van der Waals surface area contributed by atoms with E-state index in [0.29, 0.717) is 12.5 Å². The van der Waals surface area contributed by atoms with Crippen LogP contribution < -0.4 is 10.6 Å². The highest BCUT2D eigenvalue weighted by Gasteiger charge is 2.32. The van der Waals surface area contributed by atoms with Crippen molar-refractivity contribution in [2.24, 2.45) is 0 Å². The number of ether oxygens (including phenoxy) is 1. The number of urea groups is 1. The minimum Gasteiger partial charge on any atom is -0.379 e. The third kappa shape index (κ3) is 4.34. The summed E-state index contributed by atoms with van der Waals surface area (Å²) in [6, 6.07) is 4.24. The number of morpholine rings is 1. The van der Waals surface area contributed by atoms with Crippen LogP contribution in [0.3, 0.4) is 0 Å². The summed E-state index contributed by atoms with van der Waals surface area (Å²) in [6.45, 7) is 7.74. The van der Waals surface area contributed by atoms with E-state index >= 15 is 0 Å². The Bertz CT molecular complexity index is 793. The highest BCUT2D eigenvalue weighted by molar-refractivity contribution is 7.12. The van der Waals surface area contributed by atoms with Gasteiger partial charge < -0.3 is 19.9 Å². The Labute approximate surface area is 163 Å². The fourth-order valence-electron chi connectivity index (χ4n) is 3.44. The van der Waals surface area contributed by atoms with Crippen molar-refractivity contribution < 1.29 is 14.1 Å². The first-order valence-corrected chi connectivity index (χ1v) is 10.3. The van der Waals surface area contributed by atoms with Gasteiger partial charge in [0.2, 0.25) is 0 Å². The molecule has 3 heterocycles. The lowest BCUT2D eigenvalue weighted by atomic mass is 10.2. The van der Waals surface area contributed by atoms with Gasteiger partial charge in [-0.2, -0.15) is 0 Å². The van der Waals surface area contributed by atoms with Gasteiger partial charge in [-0.1, -0.05) is 5.16 Å². The smallest absolute Gasteiger partial charge is 0.319 e. The fourth-order valence-corrected chi connectivity index (χ4v) is 4.45. The monoisotopic (exact) mass is 390 g/mol. The van der Waals surface area contributed by atoms with Gasteiger partial charge in [-0.05, 0) is 38.8 Å². The number of aromatic nitrogens is 1. The second-order valence-corrected chi connectivity index (χ2v) is 8.55. The molecule has 2 aliphatic rings. The van der Waals surface area contributed by atoms with E-state index in [2.05, 4.69) is 39.7 Å². The fraction of sp³-hybridized carbons (Fsp3) is 0.579. The molecule has 2 amide bonds. The minimum absolute atomic E-state index is 0.157. The van der Waals surface area contributed by atoms with Gasteiger partial charge in [0.15, 0.2) is 5.76 Å². The lowest BCUT2D eigenvalue weighted by Gasteiger charge is -2.34. The quantitative estimate of drug-likeness (QED) is 0.790. The van der Waals surface area contributed by atoms with Gasteiger partial charge in [-0.25, -0.2) is 4.79 Å². The first-order chi connectivity index (χ1) is 13.1. The molecule has 0 spiro atoms. The Morgan fingerprint density at radius 1 is 1.33 bits per heavy atom. The number of carbonyl (C=O) groups excluding carboxylic acids is 1. The summed E-state index contributed by atoms with van der Waals surface area (Å²) in [4.78, 5) is 17.5. The van der Waals surface area contributed by atoms with Crippen LogP contribution in [0.4, 0.5) is 10.5 Å². The maximum absolute atomic E-state index is 12.6. The SMILES string of the molecule is Cc1ccc(C(CNC(=O)Nc2c(C)noc2C2CC2)N2CCOCC2)s1. The molecule has 2 N–H and O–H groups in total. The summed E-state index contributed by atoms with van der Waals surface area (Å²) in [7, 11) is 0. The maximum atomic E-state index is 12.6. The predicted molar refractivity (Wildman–Crippen MR) is 104 cm³/mol. The second-order valence-electron chi connectivity index (χ2n) is 7.23. The Balaban J connectivity index is 1.41. The first kappa shape index (κ1) is 18.5. The van der Waals surface area contributed by atoms with E-state index in [4.69, 9.17) is 9.26 Å². The van der Waals surface area contributed by atoms with Crippen LogP contribution in [0.1, 0.15) is 46.0 Å². The standard InChI is InChI=1S/C19H26N4O3S/c1-12-3-6-16(27-12)15(23-7-9-25-10-8-23)11-20-19(24)21-17-13(2)22-26-18(17)14-4-5-14/h3,6,14-15H,4-5,7-11H2,1-2H3,(H2,20,21,24). The Morgan fingerprint density at radius 3 is 2.78 bits per heavy atom. The molecular weight excluding hydrogens is 364 g/mol. The molecule has 0 aromatic carbocycles. The topological polar surface area (TPSA) is 79.6 Å². The van der Waals surface area contributed by atoms with Crippen molar-refractivity contribution in [2.45, 2.75) is 38.6 Å². The third-order valence-electron chi connectivity index (χ3n) is 5.11. The van der Waals surface area contributed by atoms with Crippen LogP contribution in [0, 0.1) is 13.8 Å². The van der Waals surface area contributed by atoms with Crippen molar-refractivity contribution in [3.05, 3.63) is 33.3 Å². The van der Waals surface area contributed by atoms with Crippen LogP contribution in [0.5, 0.6) is 0 Å². The number of nitrogens with one attached hydrogen (secondary N) is 2. The normalized spacial score (nSPS) is 19.0. The van der Waals surface area contributed by atoms with E-state index in [1.807, 2.05) is 6.92 Å². The molecule has 1 atom stereocenters. The molecule has 1 aliphatic heterocycles. The highest BCUT2D eigenvalue weighted by Crippen LogP contribution is 2.44. The van der Waals surface area contributed by atoms with Crippen molar-refractivity contribution in [3.63, 3.8) is 0 Å². The molecule has 1 aliphatic carbocycles.